The molecule has 2 heteroatoms. The molecule has 0 amide bonds. The molecule has 0 aromatic rings. The third kappa shape index (κ3) is 4.33. The van der Waals surface area contributed by atoms with Crippen LogP contribution in [0, 0.1) is 0 Å². The summed E-state index contributed by atoms with van der Waals surface area (Å²) in [5.41, 5.74) is -0.0838. The second-order valence-electron chi connectivity index (χ2n) is 4.82. The highest BCUT2D eigenvalue weighted by molar-refractivity contribution is 5.76. The second kappa shape index (κ2) is 6.26. The van der Waals surface area contributed by atoms with Gasteiger partial charge in [-0.15, -0.1) is 0 Å². The molecule has 1 atom stereocenters. The van der Waals surface area contributed by atoms with E-state index in [0.717, 1.165) is 25.9 Å². The van der Waals surface area contributed by atoms with Crippen molar-refractivity contribution >= 4 is 5.78 Å². The maximum absolute atomic E-state index is 11.2. The van der Waals surface area contributed by atoms with E-state index in [4.69, 9.17) is 4.74 Å². The van der Waals surface area contributed by atoms with Gasteiger partial charge in [-0.1, -0.05) is 32.6 Å². The van der Waals surface area contributed by atoms with E-state index in [1.54, 1.807) is 6.92 Å². The van der Waals surface area contributed by atoms with Gasteiger partial charge in [-0.3, -0.25) is 4.79 Å². The Morgan fingerprint density at radius 2 is 2.13 bits per heavy atom. The van der Waals surface area contributed by atoms with Crippen molar-refractivity contribution < 1.29 is 9.53 Å². The fourth-order valence-corrected chi connectivity index (χ4v) is 2.51. The van der Waals surface area contributed by atoms with Crippen LogP contribution in [-0.2, 0) is 9.53 Å². The van der Waals surface area contributed by atoms with Gasteiger partial charge in [0.2, 0.25) is 0 Å². The van der Waals surface area contributed by atoms with Crippen molar-refractivity contribution in [1.29, 1.82) is 0 Å². The molecule has 0 radical (unpaired) electrons. The van der Waals surface area contributed by atoms with E-state index in [1.807, 2.05) is 0 Å². The normalized spacial score (nSPS) is 25.7. The molecule has 0 aromatic carbocycles. The number of ketones is 1. The van der Waals surface area contributed by atoms with Crippen LogP contribution in [0.5, 0.6) is 0 Å². The van der Waals surface area contributed by atoms with E-state index in [2.05, 4.69) is 6.92 Å². The van der Waals surface area contributed by atoms with Crippen LogP contribution in [0.2, 0.25) is 0 Å². The molecule has 1 aliphatic heterocycles. The highest BCUT2D eigenvalue weighted by atomic mass is 16.5. The van der Waals surface area contributed by atoms with Crippen molar-refractivity contribution in [1.82, 2.24) is 0 Å². The van der Waals surface area contributed by atoms with Crippen LogP contribution in [0.3, 0.4) is 0 Å². The van der Waals surface area contributed by atoms with Crippen LogP contribution in [0.15, 0.2) is 0 Å². The Hall–Kier alpha value is -0.370. The molecule has 15 heavy (non-hydrogen) atoms. The quantitative estimate of drug-likeness (QED) is 0.604. The Morgan fingerprint density at radius 3 is 2.67 bits per heavy atom. The Kier molecular flexibility index (Phi) is 5.30. The van der Waals surface area contributed by atoms with Gasteiger partial charge < -0.3 is 4.74 Å². The van der Waals surface area contributed by atoms with E-state index in [9.17, 15) is 4.79 Å². The summed E-state index contributed by atoms with van der Waals surface area (Å²) in [4.78, 5) is 11.2. The summed E-state index contributed by atoms with van der Waals surface area (Å²) in [6.45, 7) is 4.74. The molecular formula is C13H24O2. The molecule has 0 aromatic heterocycles. The molecule has 0 spiro atoms. The lowest BCUT2D eigenvalue weighted by molar-refractivity contribution is -0.123. The van der Waals surface area contributed by atoms with Crippen LogP contribution in [0.1, 0.15) is 65.2 Å². The highest BCUT2D eigenvalue weighted by Crippen LogP contribution is 2.34. The Bertz CT molecular complexity index is 193. The number of hydrogen-bond acceptors (Lipinski definition) is 2. The van der Waals surface area contributed by atoms with Crippen molar-refractivity contribution in [3.63, 3.8) is 0 Å². The van der Waals surface area contributed by atoms with Crippen molar-refractivity contribution in [3.05, 3.63) is 0 Å². The maximum Gasteiger partial charge on any atom is 0.132 e. The number of carbonyl (C=O) groups excluding carboxylic acids is 1. The summed E-state index contributed by atoms with van der Waals surface area (Å²) >= 11 is 0. The lowest BCUT2D eigenvalue weighted by atomic mass is 9.88. The monoisotopic (exact) mass is 212 g/mol. The van der Waals surface area contributed by atoms with Gasteiger partial charge in [-0.05, 0) is 26.2 Å². The van der Waals surface area contributed by atoms with E-state index in [1.165, 1.54) is 25.7 Å². The molecule has 0 saturated carbocycles. The molecule has 1 fully saturated rings. The fourth-order valence-electron chi connectivity index (χ4n) is 2.51. The Labute approximate surface area is 93.4 Å². The molecule has 0 aliphatic carbocycles. The minimum atomic E-state index is -0.0838. The van der Waals surface area contributed by atoms with Crippen molar-refractivity contribution in [2.45, 2.75) is 70.8 Å². The topological polar surface area (TPSA) is 26.3 Å². The van der Waals surface area contributed by atoms with Crippen molar-refractivity contribution in [2.75, 3.05) is 6.61 Å². The first-order chi connectivity index (χ1) is 7.18. The van der Waals surface area contributed by atoms with Crippen molar-refractivity contribution in [2.24, 2.45) is 0 Å². The average Bonchev–Trinajstić information content (AvgIpc) is 2.61. The number of unbranched alkanes of at least 4 members (excludes halogenated alkanes) is 3. The largest absolute Gasteiger partial charge is 0.375 e. The predicted molar refractivity (Wildman–Crippen MR) is 62.0 cm³/mol. The van der Waals surface area contributed by atoms with E-state index in [0.29, 0.717) is 6.42 Å². The lowest BCUT2D eigenvalue weighted by Gasteiger charge is -2.27. The second-order valence-corrected chi connectivity index (χ2v) is 4.82. The van der Waals surface area contributed by atoms with E-state index >= 15 is 0 Å². The lowest BCUT2D eigenvalue weighted by Crippen LogP contribution is -2.30. The highest BCUT2D eigenvalue weighted by Gasteiger charge is 2.35. The van der Waals surface area contributed by atoms with Gasteiger partial charge in [0.25, 0.3) is 0 Å². The zero-order valence-corrected chi connectivity index (χ0v) is 10.2. The fraction of sp³-hybridized carbons (Fsp3) is 0.923. The van der Waals surface area contributed by atoms with E-state index in [-0.39, 0.29) is 11.4 Å². The number of ether oxygens (including phenoxy) is 1. The number of carbonyl (C=O) groups is 1. The van der Waals surface area contributed by atoms with Gasteiger partial charge in [0, 0.05) is 13.0 Å². The first-order valence-electron chi connectivity index (χ1n) is 6.32. The zero-order chi connectivity index (χ0) is 11.1. The van der Waals surface area contributed by atoms with Gasteiger partial charge in [0.15, 0.2) is 0 Å². The summed E-state index contributed by atoms with van der Waals surface area (Å²) in [5.74, 6) is 0.271. The maximum atomic E-state index is 11.2. The number of hydrogen-bond donors (Lipinski definition) is 0. The van der Waals surface area contributed by atoms with Crippen LogP contribution < -0.4 is 0 Å². The Balaban J connectivity index is 2.32. The molecule has 1 heterocycles. The van der Waals surface area contributed by atoms with Crippen LogP contribution in [0.25, 0.3) is 0 Å². The minimum Gasteiger partial charge on any atom is -0.375 e. The smallest absolute Gasteiger partial charge is 0.132 e. The van der Waals surface area contributed by atoms with Crippen molar-refractivity contribution in [3.8, 4) is 0 Å². The van der Waals surface area contributed by atoms with Gasteiger partial charge in [-0.25, -0.2) is 0 Å². The minimum absolute atomic E-state index is 0.0838. The molecule has 0 N–H and O–H groups in total. The Morgan fingerprint density at radius 1 is 1.33 bits per heavy atom. The van der Waals surface area contributed by atoms with Crippen LogP contribution in [-0.4, -0.2) is 18.0 Å². The first-order valence-corrected chi connectivity index (χ1v) is 6.32. The molecule has 2 nitrogen and oxygen atoms in total. The SMILES string of the molecule is CCCCCCC1(CC(C)=O)CCCO1. The summed E-state index contributed by atoms with van der Waals surface area (Å²) in [5, 5.41) is 0. The first kappa shape index (κ1) is 12.7. The predicted octanol–water partition coefficient (Wildman–Crippen LogP) is 3.49. The number of rotatable bonds is 7. The van der Waals surface area contributed by atoms with Crippen LogP contribution in [0.4, 0.5) is 0 Å². The summed E-state index contributed by atoms with van der Waals surface area (Å²) in [6.07, 6.45) is 8.96. The van der Waals surface area contributed by atoms with Gasteiger partial charge in [0.1, 0.15) is 5.78 Å². The molecule has 1 aliphatic rings. The average molecular weight is 212 g/mol. The standard InChI is InChI=1S/C13H24O2/c1-3-4-5-6-8-13(11-12(2)14)9-7-10-15-13/h3-11H2,1-2H3. The third-order valence-corrected chi connectivity index (χ3v) is 3.24. The summed E-state index contributed by atoms with van der Waals surface area (Å²) in [6, 6.07) is 0. The van der Waals surface area contributed by atoms with Gasteiger partial charge in [-0.2, -0.15) is 0 Å². The molecule has 0 bridgehead atoms. The zero-order valence-electron chi connectivity index (χ0n) is 10.2. The molecule has 88 valence electrons. The van der Waals surface area contributed by atoms with Gasteiger partial charge in [0.05, 0.1) is 5.60 Å². The van der Waals surface area contributed by atoms with Gasteiger partial charge >= 0.3 is 0 Å². The van der Waals surface area contributed by atoms with Crippen LogP contribution >= 0.6 is 0 Å². The van der Waals surface area contributed by atoms with E-state index < -0.39 is 0 Å². The molecular weight excluding hydrogens is 188 g/mol. The summed E-state index contributed by atoms with van der Waals surface area (Å²) < 4.78 is 5.81. The molecule has 1 unspecified atom stereocenters. The third-order valence-electron chi connectivity index (χ3n) is 3.24. The number of Topliss-reactive ketones (excluding diaryl/α,β-unsaturated/α-hetero) is 1. The molecule has 1 saturated heterocycles. The molecule has 1 rings (SSSR count). The summed E-state index contributed by atoms with van der Waals surface area (Å²) in [7, 11) is 0.